The van der Waals surface area contributed by atoms with Gasteiger partial charge in [0.15, 0.2) is 6.10 Å². The Hall–Kier alpha value is -3.15. The van der Waals surface area contributed by atoms with Crippen LogP contribution in [0, 0.1) is 0 Å². The minimum atomic E-state index is -0.784. The largest absolute Gasteiger partial charge is 0.462 e. The average molecular weight is 893 g/mol. The van der Waals surface area contributed by atoms with Crippen LogP contribution in [0.3, 0.4) is 0 Å². The van der Waals surface area contributed by atoms with Crippen LogP contribution in [-0.2, 0) is 28.6 Å². The van der Waals surface area contributed by atoms with E-state index in [0.717, 1.165) is 103 Å². The fourth-order valence-corrected chi connectivity index (χ4v) is 7.52. The molecule has 0 N–H and O–H groups in total. The molecule has 0 aliphatic carbocycles. The topological polar surface area (TPSA) is 78.9 Å². The predicted molar refractivity (Wildman–Crippen MR) is 274 cm³/mol. The lowest BCUT2D eigenvalue weighted by molar-refractivity contribution is -0.167. The third-order valence-corrected chi connectivity index (χ3v) is 11.5. The van der Waals surface area contributed by atoms with Crippen LogP contribution < -0.4 is 0 Å². The van der Waals surface area contributed by atoms with Crippen LogP contribution in [0.15, 0.2) is 72.9 Å². The molecule has 1 atom stereocenters. The molecular formula is C58H100O6. The van der Waals surface area contributed by atoms with E-state index in [0.29, 0.717) is 19.3 Å². The number of hydrogen-bond donors (Lipinski definition) is 0. The lowest BCUT2D eigenvalue weighted by Gasteiger charge is -2.18. The maximum Gasteiger partial charge on any atom is 0.306 e. The Balaban J connectivity index is 4.37. The van der Waals surface area contributed by atoms with Crippen molar-refractivity contribution >= 4 is 17.9 Å². The lowest BCUT2D eigenvalue weighted by Crippen LogP contribution is -2.30. The minimum Gasteiger partial charge on any atom is -0.462 e. The first-order valence-electron chi connectivity index (χ1n) is 27.0. The highest BCUT2D eigenvalue weighted by Gasteiger charge is 2.19. The van der Waals surface area contributed by atoms with Crippen molar-refractivity contribution in [2.45, 2.75) is 264 Å². The highest BCUT2D eigenvalue weighted by atomic mass is 16.6. The first-order valence-corrected chi connectivity index (χ1v) is 27.0. The normalized spacial score (nSPS) is 12.6. The number of ether oxygens (including phenoxy) is 3. The number of esters is 3. The van der Waals surface area contributed by atoms with Crippen LogP contribution in [0.5, 0.6) is 0 Å². The fourth-order valence-electron chi connectivity index (χ4n) is 7.52. The summed E-state index contributed by atoms with van der Waals surface area (Å²) in [6.07, 6.45) is 66.0. The monoisotopic (exact) mass is 893 g/mol. The summed E-state index contributed by atoms with van der Waals surface area (Å²) in [5, 5.41) is 0. The summed E-state index contributed by atoms with van der Waals surface area (Å²) in [5.74, 6) is -0.903. The van der Waals surface area contributed by atoms with E-state index in [9.17, 15) is 14.4 Å². The molecule has 6 heteroatoms. The summed E-state index contributed by atoms with van der Waals surface area (Å²) in [5.41, 5.74) is 0. The summed E-state index contributed by atoms with van der Waals surface area (Å²) >= 11 is 0. The molecule has 0 aliphatic rings. The quantitative estimate of drug-likeness (QED) is 0.0199. The summed E-state index contributed by atoms with van der Waals surface area (Å²) < 4.78 is 16.8. The van der Waals surface area contributed by atoms with Gasteiger partial charge in [0.05, 0.1) is 0 Å². The molecule has 0 radical (unpaired) electrons. The molecule has 0 spiro atoms. The Morgan fingerprint density at radius 2 is 0.688 bits per heavy atom. The van der Waals surface area contributed by atoms with E-state index >= 15 is 0 Å². The summed E-state index contributed by atoms with van der Waals surface area (Å²) in [6, 6.07) is 0. The number of allylic oxidation sites excluding steroid dienone is 12. The highest BCUT2D eigenvalue weighted by molar-refractivity contribution is 5.71. The first kappa shape index (κ1) is 60.9. The summed E-state index contributed by atoms with van der Waals surface area (Å²) in [6.45, 7) is 6.39. The molecule has 368 valence electrons. The molecule has 0 bridgehead atoms. The van der Waals surface area contributed by atoms with Crippen LogP contribution in [0.1, 0.15) is 258 Å². The Morgan fingerprint density at radius 1 is 0.344 bits per heavy atom. The van der Waals surface area contributed by atoms with E-state index in [1.54, 1.807) is 0 Å². The Kier molecular flexibility index (Phi) is 49.9. The van der Waals surface area contributed by atoms with Crippen molar-refractivity contribution in [3.8, 4) is 0 Å². The van der Waals surface area contributed by atoms with Crippen LogP contribution in [0.2, 0.25) is 0 Å². The summed E-state index contributed by atoms with van der Waals surface area (Å²) in [4.78, 5) is 38.0. The second kappa shape index (κ2) is 52.5. The fraction of sp³-hybridized carbons (Fsp3) is 0.741. The van der Waals surface area contributed by atoms with Crippen molar-refractivity contribution in [2.75, 3.05) is 13.2 Å². The zero-order chi connectivity index (χ0) is 46.5. The molecule has 0 saturated heterocycles. The van der Waals surface area contributed by atoms with Crippen LogP contribution in [-0.4, -0.2) is 37.2 Å². The second-order valence-electron chi connectivity index (χ2n) is 17.8. The Labute approximate surface area is 395 Å². The zero-order valence-electron chi connectivity index (χ0n) is 42.0. The molecule has 6 nitrogen and oxygen atoms in total. The maximum atomic E-state index is 12.8. The molecule has 0 aromatic carbocycles. The van der Waals surface area contributed by atoms with Gasteiger partial charge in [0, 0.05) is 19.3 Å². The van der Waals surface area contributed by atoms with Gasteiger partial charge in [0.1, 0.15) is 13.2 Å². The van der Waals surface area contributed by atoms with Gasteiger partial charge in [0.25, 0.3) is 0 Å². The number of rotatable bonds is 48. The smallest absolute Gasteiger partial charge is 0.306 e. The Bertz CT molecular complexity index is 1210. The molecule has 1 unspecified atom stereocenters. The van der Waals surface area contributed by atoms with E-state index in [4.69, 9.17) is 14.2 Å². The van der Waals surface area contributed by atoms with Gasteiger partial charge >= 0.3 is 17.9 Å². The molecule has 0 rings (SSSR count). The van der Waals surface area contributed by atoms with Crippen molar-refractivity contribution in [1.29, 1.82) is 0 Å². The molecule has 64 heavy (non-hydrogen) atoms. The van der Waals surface area contributed by atoms with Gasteiger partial charge in [-0.2, -0.15) is 0 Å². The molecular weight excluding hydrogens is 793 g/mol. The van der Waals surface area contributed by atoms with Gasteiger partial charge in [-0.3, -0.25) is 14.4 Å². The number of hydrogen-bond acceptors (Lipinski definition) is 6. The van der Waals surface area contributed by atoms with Gasteiger partial charge in [0.2, 0.25) is 0 Å². The van der Waals surface area contributed by atoms with Crippen LogP contribution in [0.4, 0.5) is 0 Å². The lowest BCUT2D eigenvalue weighted by atomic mass is 10.0. The first-order chi connectivity index (χ1) is 31.5. The van der Waals surface area contributed by atoms with Gasteiger partial charge in [-0.1, -0.05) is 241 Å². The standard InChI is InChI=1S/C58H100O6/c1-4-7-10-13-16-19-22-25-27-28-29-30-31-34-36-39-42-45-48-51-57(60)63-54-55(53-62-56(59)50-47-44-41-38-35-32-24-21-18-15-12-9-6-3)64-58(61)52-49-46-43-40-37-33-26-23-20-17-14-11-8-5-2/h7,9-10,12,15-16,18-19,21,24-25,27,55H,4-6,8,11,13-14,17,20,22-23,26,28-54H2,1-3H3/b10-7+,12-9+,18-15+,19-16+,24-21+,27-25+. The molecule has 0 fully saturated rings. The average Bonchev–Trinajstić information content (AvgIpc) is 3.29. The zero-order valence-corrected chi connectivity index (χ0v) is 42.0. The van der Waals surface area contributed by atoms with Gasteiger partial charge in [-0.15, -0.1) is 0 Å². The van der Waals surface area contributed by atoms with Crippen LogP contribution >= 0.6 is 0 Å². The van der Waals surface area contributed by atoms with Gasteiger partial charge in [-0.05, 0) is 70.6 Å². The van der Waals surface area contributed by atoms with Gasteiger partial charge in [-0.25, -0.2) is 0 Å². The van der Waals surface area contributed by atoms with Crippen molar-refractivity contribution in [3.63, 3.8) is 0 Å². The molecule has 0 amide bonds. The van der Waals surface area contributed by atoms with Crippen molar-refractivity contribution in [1.82, 2.24) is 0 Å². The number of carbonyl (C=O) groups excluding carboxylic acids is 3. The van der Waals surface area contributed by atoms with E-state index in [-0.39, 0.29) is 31.1 Å². The van der Waals surface area contributed by atoms with E-state index in [1.807, 2.05) is 0 Å². The predicted octanol–water partition coefficient (Wildman–Crippen LogP) is 17.8. The van der Waals surface area contributed by atoms with Crippen molar-refractivity contribution in [3.05, 3.63) is 72.9 Å². The van der Waals surface area contributed by atoms with Gasteiger partial charge < -0.3 is 14.2 Å². The molecule has 0 aliphatic heterocycles. The minimum absolute atomic E-state index is 0.0833. The van der Waals surface area contributed by atoms with E-state index < -0.39 is 6.10 Å². The summed E-state index contributed by atoms with van der Waals surface area (Å²) in [7, 11) is 0. The molecule has 0 aromatic rings. The van der Waals surface area contributed by atoms with Crippen LogP contribution in [0.25, 0.3) is 0 Å². The SMILES string of the molecule is CC/C=C/C=C/C=C/CCCCCCCC(=O)OCC(COC(=O)CCCCCCCCCCC/C=C/C/C=C/C/C=C/CC)OC(=O)CCCCCCCCCCCCCCCC. The van der Waals surface area contributed by atoms with E-state index in [1.165, 1.54) is 116 Å². The van der Waals surface area contributed by atoms with E-state index in [2.05, 4.69) is 93.7 Å². The number of carbonyl (C=O) groups is 3. The maximum absolute atomic E-state index is 12.8. The molecule has 0 heterocycles. The Morgan fingerprint density at radius 3 is 1.12 bits per heavy atom. The third kappa shape index (κ3) is 49.9. The molecule has 0 saturated carbocycles. The second-order valence-corrected chi connectivity index (χ2v) is 17.8. The number of unbranched alkanes of at least 4 members (excludes halogenated alkanes) is 27. The third-order valence-electron chi connectivity index (χ3n) is 11.5. The van der Waals surface area contributed by atoms with Crippen molar-refractivity contribution < 1.29 is 28.6 Å². The highest BCUT2D eigenvalue weighted by Crippen LogP contribution is 2.16. The molecule has 0 aromatic heterocycles. The van der Waals surface area contributed by atoms with Crippen molar-refractivity contribution in [2.24, 2.45) is 0 Å².